The molecule has 0 unspecified atom stereocenters. The van der Waals surface area contributed by atoms with Gasteiger partial charge in [0.05, 0.1) is 0 Å². The van der Waals surface area contributed by atoms with Gasteiger partial charge in [0.15, 0.2) is 0 Å². The molecule has 1 saturated heterocycles. The van der Waals surface area contributed by atoms with Gasteiger partial charge in [0.25, 0.3) is 5.91 Å². The summed E-state index contributed by atoms with van der Waals surface area (Å²) in [7, 11) is 0. The summed E-state index contributed by atoms with van der Waals surface area (Å²) in [6.45, 7) is 8.15. The number of piperidine rings is 1. The van der Waals surface area contributed by atoms with Crippen LogP contribution in [0.25, 0.3) is 0 Å². The molecule has 140 valence electrons. The monoisotopic (exact) mass is 354 g/mol. The molecule has 1 aromatic heterocycles. The van der Waals surface area contributed by atoms with E-state index in [1.807, 2.05) is 12.1 Å². The molecule has 1 aromatic carbocycles. The van der Waals surface area contributed by atoms with Crippen LogP contribution < -0.4 is 5.32 Å². The summed E-state index contributed by atoms with van der Waals surface area (Å²) in [5, 5.41) is 10.1. The molecule has 26 heavy (non-hydrogen) atoms. The van der Waals surface area contributed by atoms with Crippen molar-refractivity contribution in [3.8, 4) is 0 Å². The van der Waals surface area contributed by atoms with E-state index in [9.17, 15) is 4.79 Å². The maximum absolute atomic E-state index is 12.4. The van der Waals surface area contributed by atoms with Crippen LogP contribution in [-0.2, 0) is 19.5 Å². The third-order valence-electron chi connectivity index (χ3n) is 4.89. The van der Waals surface area contributed by atoms with Crippen LogP contribution in [0.5, 0.6) is 0 Å². The van der Waals surface area contributed by atoms with Gasteiger partial charge in [-0.05, 0) is 55.5 Å². The number of carbonyl (C=O) groups excluding carboxylic acids is 1. The summed E-state index contributed by atoms with van der Waals surface area (Å²) in [5.41, 5.74) is 3.96. The summed E-state index contributed by atoms with van der Waals surface area (Å²) in [5.74, 6) is 0.414. The zero-order valence-electron chi connectivity index (χ0n) is 15.9. The molecule has 2 heterocycles. The number of likely N-dealkylation sites (tertiary alicyclic amines) is 1. The number of benzene rings is 1. The van der Waals surface area contributed by atoms with E-state index in [-0.39, 0.29) is 5.91 Å². The predicted molar refractivity (Wildman–Crippen MR) is 104 cm³/mol. The topological polar surface area (TPSA) is 61.0 Å². The zero-order chi connectivity index (χ0) is 18.4. The van der Waals surface area contributed by atoms with E-state index in [2.05, 4.69) is 52.5 Å². The summed E-state index contributed by atoms with van der Waals surface area (Å²) in [4.78, 5) is 14.9. The van der Waals surface area contributed by atoms with Crippen LogP contribution in [-0.4, -0.2) is 34.1 Å². The molecule has 1 fully saturated rings. The molecule has 1 amide bonds. The first kappa shape index (κ1) is 18.6. The normalized spacial score (nSPS) is 15.3. The van der Waals surface area contributed by atoms with E-state index in [1.165, 1.54) is 43.5 Å². The number of hydrogen-bond donors (Lipinski definition) is 2. The second-order valence-corrected chi connectivity index (χ2v) is 7.66. The van der Waals surface area contributed by atoms with Gasteiger partial charge in [0.1, 0.15) is 5.69 Å². The molecule has 0 atom stereocenters. The Morgan fingerprint density at radius 3 is 2.65 bits per heavy atom. The maximum atomic E-state index is 12.4. The minimum Gasteiger partial charge on any atom is -0.347 e. The van der Waals surface area contributed by atoms with Gasteiger partial charge in [-0.25, -0.2) is 0 Å². The van der Waals surface area contributed by atoms with Crippen LogP contribution in [0.4, 0.5) is 0 Å². The highest BCUT2D eigenvalue weighted by Crippen LogP contribution is 2.16. The first-order valence-electron chi connectivity index (χ1n) is 9.73. The number of nitrogens with one attached hydrogen (secondary N) is 2. The molecule has 0 bridgehead atoms. The van der Waals surface area contributed by atoms with Gasteiger partial charge in [0.2, 0.25) is 0 Å². The van der Waals surface area contributed by atoms with E-state index in [4.69, 9.17) is 0 Å². The predicted octanol–water partition coefficient (Wildman–Crippen LogP) is 3.52. The number of H-pyrrole nitrogens is 1. The van der Waals surface area contributed by atoms with Crippen LogP contribution in [0.15, 0.2) is 30.3 Å². The second-order valence-electron chi connectivity index (χ2n) is 7.66. The molecular formula is C21H30N4O. The van der Waals surface area contributed by atoms with Crippen molar-refractivity contribution in [1.82, 2.24) is 20.4 Å². The molecule has 1 aliphatic heterocycles. The number of nitrogens with zero attached hydrogens (tertiary/aromatic N) is 2. The van der Waals surface area contributed by atoms with Crippen molar-refractivity contribution in [2.45, 2.75) is 52.6 Å². The lowest BCUT2D eigenvalue weighted by molar-refractivity contribution is 0.0945. The van der Waals surface area contributed by atoms with Crippen LogP contribution >= 0.6 is 0 Å². The number of carbonyl (C=O) groups is 1. The first-order valence-corrected chi connectivity index (χ1v) is 9.73. The van der Waals surface area contributed by atoms with Crippen molar-refractivity contribution in [2.24, 2.45) is 5.92 Å². The lowest BCUT2D eigenvalue weighted by Gasteiger charge is -2.27. The number of rotatable bonds is 7. The summed E-state index contributed by atoms with van der Waals surface area (Å²) >= 11 is 0. The van der Waals surface area contributed by atoms with Crippen LogP contribution in [0, 0.1) is 5.92 Å². The zero-order valence-corrected chi connectivity index (χ0v) is 15.9. The van der Waals surface area contributed by atoms with Gasteiger partial charge in [-0.2, -0.15) is 5.10 Å². The highest BCUT2D eigenvalue weighted by atomic mass is 16.1. The Bertz CT molecular complexity index is 716. The molecule has 0 radical (unpaired) electrons. The molecule has 2 aromatic rings. The van der Waals surface area contributed by atoms with Crippen LogP contribution in [0.1, 0.15) is 60.4 Å². The van der Waals surface area contributed by atoms with Gasteiger partial charge in [-0.1, -0.05) is 44.5 Å². The number of aromatic amines is 1. The summed E-state index contributed by atoms with van der Waals surface area (Å²) < 4.78 is 0. The van der Waals surface area contributed by atoms with Crippen LogP contribution in [0.3, 0.4) is 0 Å². The van der Waals surface area contributed by atoms with Gasteiger partial charge in [0, 0.05) is 18.8 Å². The SMILES string of the molecule is CC(C)Cc1cc(C(=O)NCc2ccccc2CN2CCCCC2)n[nH]1. The summed E-state index contributed by atoms with van der Waals surface area (Å²) in [6.07, 6.45) is 4.82. The maximum Gasteiger partial charge on any atom is 0.272 e. The van der Waals surface area contributed by atoms with Crippen molar-refractivity contribution in [1.29, 1.82) is 0 Å². The fourth-order valence-corrected chi connectivity index (χ4v) is 3.53. The van der Waals surface area contributed by atoms with Crippen molar-refractivity contribution < 1.29 is 4.79 Å². The minimum absolute atomic E-state index is 0.121. The standard InChI is InChI=1S/C21H30N4O/c1-16(2)12-19-13-20(24-23-19)21(26)22-14-17-8-4-5-9-18(17)15-25-10-6-3-7-11-25/h4-5,8-9,13,16H,3,6-7,10-12,14-15H2,1-2H3,(H,22,26)(H,23,24). The molecule has 3 rings (SSSR count). The van der Waals surface area contributed by atoms with E-state index in [0.717, 1.165) is 18.7 Å². The molecule has 0 saturated carbocycles. The van der Waals surface area contributed by atoms with E-state index < -0.39 is 0 Å². The Labute approximate surface area is 156 Å². The second kappa shape index (κ2) is 8.99. The Hall–Kier alpha value is -2.14. The van der Waals surface area contributed by atoms with Gasteiger partial charge < -0.3 is 5.32 Å². The summed E-state index contributed by atoms with van der Waals surface area (Å²) in [6, 6.07) is 10.3. The largest absolute Gasteiger partial charge is 0.347 e. The average Bonchev–Trinajstić information content (AvgIpc) is 3.09. The fourth-order valence-electron chi connectivity index (χ4n) is 3.53. The van der Waals surface area contributed by atoms with Crippen molar-refractivity contribution >= 4 is 5.91 Å². The lowest BCUT2D eigenvalue weighted by atomic mass is 10.0. The van der Waals surface area contributed by atoms with Gasteiger partial charge in [-0.3, -0.25) is 14.8 Å². The Balaban J connectivity index is 1.58. The lowest BCUT2D eigenvalue weighted by Crippen LogP contribution is -2.30. The molecule has 0 spiro atoms. The van der Waals surface area contributed by atoms with Crippen LogP contribution in [0.2, 0.25) is 0 Å². The van der Waals surface area contributed by atoms with E-state index >= 15 is 0 Å². The Morgan fingerprint density at radius 2 is 1.92 bits per heavy atom. The molecule has 5 heteroatoms. The third-order valence-corrected chi connectivity index (χ3v) is 4.89. The number of aromatic nitrogens is 2. The highest BCUT2D eigenvalue weighted by Gasteiger charge is 2.14. The number of amides is 1. The van der Waals surface area contributed by atoms with E-state index in [0.29, 0.717) is 18.2 Å². The fraction of sp³-hybridized carbons (Fsp3) is 0.524. The van der Waals surface area contributed by atoms with Crippen molar-refractivity contribution in [3.63, 3.8) is 0 Å². The molecule has 2 N–H and O–H groups in total. The van der Waals surface area contributed by atoms with Gasteiger partial charge in [-0.15, -0.1) is 0 Å². The quantitative estimate of drug-likeness (QED) is 0.800. The van der Waals surface area contributed by atoms with Crippen molar-refractivity contribution in [3.05, 3.63) is 52.8 Å². The Morgan fingerprint density at radius 1 is 1.19 bits per heavy atom. The molecule has 1 aliphatic rings. The van der Waals surface area contributed by atoms with Gasteiger partial charge >= 0.3 is 0 Å². The van der Waals surface area contributed by atoms with E-state index in [1.54, 1.807) is 0 Å². The first-order chi connectivity index (χ1) is 12.6. The minimum atomic E-state index is -0.121. The molecule has 0 aliphatic carbocycles. The molecular weight excluding hydrogens is 324 g/mol. The third kappa shape index (κ3) is 5.18. The highest BCUT2D eigenvalue weighted by molar-refractivity contribution is 5.92. The smallest absolute Gasteiger partial charge is 0.272 e. The van der Waals surface area contributed by atoms with Crippen molar-refractivity contribution in [2.75, 3.05) is 13.1 Å². The Kier molecular flexibility index (Phi) is 6.45. The number of hydrogen-bond acceptors (Lipinski definition) is 3. The molecule has 5 nitrogen and oxygen atoms in total. The average molecular weight is 354 g/mol.